The first-order valence-electron chi connectivity index (χ1n) is 10.9. The summed E-state index contributed by atoms with van der Waals surface area (Å²) < 4.78 is 14.2. The summed E-state index contributed by atoms with van der Waals surface area (Å²) >= 11 is 0. The molecule has 0 amide bonds. The lowest BCUT2D eigenvalue weighted by Gasteiger charge is -2.38. The van der Waals surface area contributed by atoms with Crippen molar-refractivity contribution in [3.8, 4) is 28.3 Å². The van der Waals surface area contributed by atoms with Gasteiger partial charge in [0.1, 0.15) is 11.9 Å². The molecule has 2 bridgehead atoms. The normalized spacial score (nSPS) is 27.4. The highest BCUT2D eigenvalue weighted by atomic mass is 19.1. The highest BCUT2D eigenvalue weighted by Gasteiger charge is 2.45. The molecular formula is C22H24FN7O. The van der Waals surface area contributed by atoms with Crippen LogP contribution in [-0.4, -0.2) is 60.8 Å². The zero-order valence-electron chi connectivity index (χ0n) is 16.9. The Kier molecular flexibility index (Phi) is 4.38. The maximum Gasteiger partial charge on any atom is 0.185 e. The van der Waals surface area contributed by atoms with Crippen molar-refractivity contribution in [1.29, 1.82) is 0 Å². The fraction of sp³-hybridized carbons (Fsp3) is 0.455. The Bertz CT molecular complexity index is 1070. The summed E-state index contributed by atoms with van der Waals surface area (Å²) in [7, 11) is 0. The molecule has 1 aromatic carbocycles. The average Bonchev–Trinajstić information content (AvgIpc) is 3.37. The molecule has 8 nitrogen and oxygen atoms in total. The van der Waals surface area contributed by atoms with Crippen molar-refractivity contribution < 1.29 is 9.50 Å². The largest absolute Gasteiger partial charge is 0.507 e. The zero-order chi connectivity index (χ0) is 20.9. The second kappa shape index (κ2) is 7.26. The first kappa shape index (κ1) is 18.7. The van der Waals surface area contributed by atoms with Gasteiger partial charge in [-0.15, -0.1) is 10.2 Å². The van der Waals surface area contributed by atoms with Gasteiger partial charge in [0.05, 0.1) is 18.0 Å². The maximum absolute atomic E-state index is 14.2. The third-order valence-corrected chi connectivity index (χ3v) is 6.70. The number of hydrogen-bond donors (Lipinski definition) is 3. The lowest BCUT2D eigenvalue weighted by Crippen LogP contribution is -2.50. The minimum Gasteiger partial charge on any atom is -0.507 e. The fourth-order valence-electron chi connectivity index (χ4n) is 5.08. The number of aromatic amines is 1. The molecule has 9 heteroatoms. The monoisotopic (exact) mass is 421 g/mol. The predicted octanol–water partition coefficient (Wildman–Crippen LogP) is 2.83. The van der Waals surface area contributed by atoms with Crippen LogP contribution in [0.25, 0.3) is 22.5 Å². The Morgan fingerprint density at radius 2 is 1.94 bits per heavy atom. The number of phenols is 1. The molecule has 0 unspecified atom stereocenters. The van der Waals surface area contributed by atoms with E-state index in [1.165, 1.54) is 0 Å². The summed E-state index contributed by atoms with van der Waals surface area (Å²) in [6.07, 6.45) is 9.02. The Hall–Kier alpha value is -3.07. The molecule has 0 radical (unpaired) electrons. The average molecular weight is 421 g/mol. The maximum atomic E-state index is 14.2. The number of anilines is 1. The van der Waals surface area contributed by atoms with Crippen LogP contribution in [-0.2, 0) is 0 Å². The molecule has 160 valence electrons. The van der Waals surface area contributed by atoms with E-state index < -0.39 is 6.17 Å². The number of piperidine rings is 1. The van der Waals surface area contributed by atoms with Gasteiger partial charge in [0, 0.05) is 35.9 Å². The summed E-state index contributed by atoms with van der Waals surface area (Å²) in [5.41, 5.74) is 2.28. The van der Waals surface area contributed by atoms with Crippen LogP contribution in [0.15, 0.2) is 36.8 Å². The Morgan fingerprint density at radius 3 is 2.61 bits per heavy atom. The summed E-state index contributed by atoms with van der Waals surface area (Å²) in [5, 5.41) is 29.4. The fourth-order valence-corrected chi connectivity index (χ4v) is 5.08. The molecule has 4 atom stereocenters. The Morgan fingerprint density at radius 1 is 1.03 bits per heavy atom. The van der Waals surface area contributed by atoms with Crippen molar-refractivity contribution in [1.82, 2.24) is 30.7 Å². The molecule has 4 heterocycles. The molecule has 3 aliphatic rings. The van der Waals surface area contributed by atoms with Crippen molar-refractivity contribution in [2.24, 2.45) is 0 Å². The number of aromatic hydroxyl groups is 1. The minimum absolute atomic E-state index is 0.0594. The van der Waals surface area contributed by atoms with E-state index in [1.807, 2.05) is 6.07 Å². The highest BCUT2D eigenvalue weighted by Crippen LogP contribution is 2.39. The SMILES string of the molecule is Oc1cc(-c2cn[nH]c2)ccc1-c1ncc(N(C2CC2)[C@@H]2C[C@@H]3C[C@@H](F)[C@H](C2)N3)nn1. The van der Waals surface area contributed by atoms with E-state index in [1.54, 1.807) is 30.7 Å². The predicted molar refractivity (Wildman–Crippen MR) is 113 cm³/mol. The summed E-state index contributed by atoms with van der Waals surface area (Å²) in [6, 6.07) is 6.23. The Balaban J connectivity index is 1.25. The summed E-state index contributed by atoms with van der Waals surface area (Å²) in [4.78, 5) is 6.82. The van der Waals surface area contributed by atoms with Crippen molar-refractivity contribution in [2.75, 3.05) is 4.90 Å². The second-order valence-electron chi connectivity index (χ2n) is 8.84. The van der Waals surface area contributed by atoms with E-state index in [-0.39, 0.29) is 23.9 Å². The van der Waals surface area contributed by atoms with E-state index in [0.29, 0.717) is 23.9 Å². The van der Waals surface area contributed by atoms with E-state index in [9.17, 15) is 9.50 Å². The first-order valence-corrected chi connectivity index (χ1v) is 10.9. The number of halogens is 1. The van der Waals surface area contributed by atoms with Crippen LogP contribution in [0, 0.1) is 0 Å². The van der Waals surface area contributed by atoms with Gasteiger partial charge >= 0.3 is 0 Å². The smallest absolute Gasteiger partial charge is 0.185 e. The van der Waals surface area contributed by atoms with Crippen LogP contribution in [0.1, 0.15) is 32.1 Å². The second-order valence-corrected chi connectivity index (χ2v) is 8.84. The molecule has 2 saturated heterocycles. The van der Waals surface area contributed by atoms with Crippen LogP contribution in [0.4, 0.5) is 10.2 Å². The van der Waals surface area contributed by atoms with E-state index in [0.717, 1.165) is 42.6 Å². The summed E-state index contributed by atoms with van der Waals surface area (Å²) in [6.45, 7) is 0. The molecule has 1 aliphatic carbocycles. The van der Waals surface area contributed by atoms with Crippen molar-refractivity contribution in [2.45, 2.75) is 62.4 Å². The van der Waals surface area contributed by atoms with Crippen LogP contribution in [0.3, 0.4) is 0 Å². The highest BCUT2D eigenvalue weighted by molar-refractivity contribution is 5.72. The third-order valence-electron chi connectivity index (χ3n) is 6.70. The number of H-pyrrole nitrogens is 1. The molecule has 2 aliphatic heterocycles. The number of phenolic OH excluding ortho intramolecular Hbond substituents is 1. The summed E-state index contributed by atoms with van der Waals surface area (Å²) in [5.74, 6) is 1.21. The van der Waals surface area contributed by atoms with Crippen molar-refractivity contribution in [3.05, 3.63) is 36.8 Å². The van der Waals surface area contributed by atoms with Crippen LogP contribution in [0.2, 0.25) is 0 Å². The minimum atomic E-state index is -0.754. The lowest BCUT2D eigenvalue weighted by molar-refractivity contribution is 0.271. The van der Waals surface area contributed by atoms with Gasteiger partial charge < -0.3 is 15.3 Å². The number of nitrogens with one attached hydrogen (secondary N) is 2. The number of benzene rings is 1. The molecule has 3 aromatic rings. The van der Waals surface area contributed by atoms with Gasteiger partial charge in [-0.3, -0.25) is 5.10 Å². The van der Waals surface area contributed by atoms with E-state index in [2.05, 4.69) is 35.6 Å². The lowest BCUT2D eigenvalue weighted by atomic mass is 9.98. The molecule has 0 spiro atoms. The molecule has 3 fully saturated rings. The standard InChI is InChI=1S/C22H24FN7O/c23-18-7-14-6-16(8-19(18)27-14)30(15-2-3-15)21-11-24-22(29-28-21)17-4-1-12(5-20(17)31)13-9-25-26-10-13/h1,4-5,9-11,14-16,18-19,27,31H,2-3,6-8H2,(H,25,26)/t14-,16-,18-,19+/m1/s1. The van der Waals surface area contributed by atoms with Gasteiger partial charge in [-0.05, 0) is 49.8 Å². The Labute approximate surface area is 178 Å². The quantitative estimate of drug-likeness (QED) is 0.582. The van der Waals surface area contributed by atoms with Gasteiger partial charge in [0.2, 0.25) is 0 Å². The molecule has 6 rings (SSSR count). The van der Waals surface area contributed by atoms with Crippen LogP contribution < -0.4 is 10.2 Å². The molecule has 1 saturated carbocycles. The molecule has 3 N–H and O–H groups in total. The van der Waals surface area contributed by atoms with Gasteiger partial charge in [-0.2, -0.15) is 5.10 Å². The molecular weight excluding hydrogens is 397 g/mol. The van der Waals surface area contributed by atoms with Gasteiger partial charge in [-0.25, -0.2) is 9.37 Å². The van der Waals surface area contributed by atoms with Crippen LogP contribution >= 0.6 is 0 Å². The van der Waals surface area contributed by atoms with E-state index in [4.69, 9.17) is 0 Å². The van der Waals surface area contributed by atoms with Crippen LogP contribution in [0.5, 0.6) is 5.75 Å². The van der Waals surface area contributed by atoms with Crippen molar-refractivity contribution in [3.63, 3.8) is 0 Å². The van der Waals surface area contributed by atoms with Gasteiger partial charge in [-0.1, -0.05) is 6.07 Å². The van der Waals surface area contributed by atoms with Crippen molar-refractivity contribution >= 4 is 5.82 Å². The van der Waals surface area contributed by atoms with E-state index >= 15 is 0 Å². The number of aromatic nitrogens is 5. The number of nitrogens with zero attached hydrogens (tertiary/aromatic N) is 5. The number of rotatable bonds is 5. The topological polar surface area (TPSA) is 103 Å². The first-order chi connectivity index (χ1) is 15.2. The van der Waals surface area contributed by atoms with Gasteiger partial charge in [0.25, 0.3) is 0 Å². The number of fused-ring (bicyclic) bond motifs is 2. The number of alkyl halides is 1. The van der Waals surface area contributed by atoms with Gasteiger partial charge in [0.15, 0.2) is 11.6 Å². The third kappa shape index (κ3) is 3.42. The number of hydrogen-bond acceptors (Lipinski definition) is 7. The molecule has 2 aromatic heterocycles. The zero-order valence-corrected chi connectivity index (χ0v) is 16.9. The molecule has 31 heavy (non-hydrogen) atoms.